The lowest BCUT2D eigenvalue weighted by atomic mass is 10.2. The first-order valence-electron chi connectivity index (χ1n) is 7.75. The van der Waals surface area contributed by atoms with Crippen LogP contribution < -0.4 is 0 Å². The van der Waals surface area contributed by atoms with Crippen LogP contribution in [0, 0.1) is 13.8 Å². The minimum Gasteiger partial charge on any atom is -0.341 e. The summed E-state index contributed by atoms with van der Waals surface area (Å²) in [5.74, 6) is 0. The topological polar surface area (TPSA) is 43.6 Å². The molecule has 3 aromatic heterocycles. The second-order valence-electron chi connectivity index (χ2n) is 5.82. The lowest BCUT2D eigenvalue weighted by Gasteiger charge is -2.04. The summed E-state index contributed by atoms with van der Waals surface area (Å²) in [7, 11) is 0. The molecule has 3 heterocycles. The summed E-state index contributed by atoms with van der Waals surface area (Å²) in [6, 6.07) is 5.97. The molecule has 0 unspecified atom stereocenters. The van der Waals surface area contributed by atoms with Gasteiger partial charge in [0.2, 0.25) is 0 Å². The molecule has 134 valence electrons. The summed E-state index contributed by atoms with van der Waals surface area (Å²) in [5, 5.41) is 9.83. The molecular weight excluding hydrogens is 442 g/mol. The van der Waals surface area contributed by atoms with Crippen molar-refractivity contribution in [2.45, 2.75) is 26.8 Å². The van der Waals surface area contributed by atoms with E-state index in [1.807, 2.05) is 38.2 Å². The molecule has 0 saturated carbocycles. The van der Waals surface area contributed by atoms with Gasteiger partial charge in [0.25, 0.3) is 6.43 Å². The van der Waals surface area contributed by atoms with Gasteiger partial charge in [0, 0.05) is 32.0 Å². The van der Waals surface area contributed by atoms with Crippen molar-refractivity contribution in [3.8, 4) is 10.6 Å². The Hall–Kier alpha value is -1.71. The van der Waals surface area contributed by atoms with Crippen LogP contribution in [0.4, 0.5) is 8.78 Å². The van der Waals surface area contributed by atoms with Crippen LogP contribution in [0.3, 0.4) is 0 Å². The maximum Gasteiger partial charge on any atom is 0.291 e. The van der Waals surface area contributed by atoms with Crippen LogP contribution in [0.25, 0.3) is 21.5 Å². The first-order chi connectivity index (χ1) is 12.4. The maximum absolute atomic E-state index is 12.9. The largest absolute Gasteiger partial charge is 0.341 e. The van der Waals surface area contributed by atoms with E-state index in [2.05, 4.69) is 35.7 Å². The number of aromatic nitrogens is 4. The molecule has 0 atom stereocenters. The molecule has 26 heavy (non-hydrogen) atoms. The fraction of sp³-hybridized carbons (Fsp3) is 0.235. The molecule has 0 N–H and O–H groups in total. The summed E-state index contributed by atoms with van der Waals surface area (Å²) in [6.45, 7) is 4.67. The van der Waals surface area contributed by atoms with Crippen molar-refractivity contribution in [1.82, 2.24) is 19.7 Å². The highest BCUT2D eigenvalue weighted by Gasteiger charge is 2.19. The highest BCUT2D eigenvalue weighted by atomic mass is 79.9. The molecule has 0 saturated heterocycles. The Labute approximate surface area is 164 Å². The van der Waals surface area contributed by atoms with E-state index in [-0.39, 0.29) is 5.01 Å². The zero-order chi connectivity index (χ0) is 18.4. The van der Waals surface area contributed by atoms with Crippen LogP contribution in [0.1, 0.15) is 27.0 Å². The Kier molecular flexibility index (Phi) is 4.62. The standard InChI is InChI=1S/C17H13BrF2N4S2/c1-8-14(25-9(2)21-8)7-24-6-12(11-5-10(18)3-4-13(11)24)16-22-23-17(26-16)15(19)20/h3-6,15H,7H2,1-2H3. The first kappa shape index (κ1) is 17.7. The van der Waals surface area contributed by atoms with E-state index in [9.17, 15) is 8.78 Å². The molecule has 0 amide bonds. The Bertz CT molecular complexity index is 1100. The molecule has 0 fully saturated rings. The number of benzene rings is 1. The van der Waals surface area contributed by atoms with Crippen LogP contribution >= 0.6 is 38.6 Å². The lowest BCUT2D eigenvalue weighted by molar-refractivity contribution is 0.150. The Morgan fingerprint density at radius 1 is 1.19 bits per heavy atom. The predicted molar refractivity (Wildman–Crippen MR) is 104 cm³/mol. The van der Waals surface area contributed by atoms with Gasteiger partial charge in [-0.25, -0.2) is 13.8 Å². The molecule has 0 aliphatic carbocycles. The van der Waals surface area contributed by atoms with Crippen molar-refractivity contribution < 1.29 is 8.78 Å². The van der Waals surface area contributed by atoms with Gasteiger partial charge in [-0.05, 0) is 32.0 Å². The fourth-order valence-electron chi connectivity index (χ4n) is 2.88. The van der Waals surface area contributed by atoms with Crippen molar-refractivity contribution in [3.05, 3.63) is 49.5 Å². The molecule has 0 bridgehead atoms. The molecular formula is C17H13BrF2N4S2. The van der Waals surface area contributed by atoms with Crippen LogP contribution in [-0.4, -0.2) is 19.7 Å². The van der Waals surface area contributed by atoms with E-state index >= 15 is 0 Å². The minimum absolute atomic E-state index is 0.259. The Morgan fingerprint density at radius 2 is 2.00 bits per heavy atom. The maximum atomic E-state index is 12.9. The number of halogens is 3. The zero-order valence-corrected chi connectivity index (χ0v) is 17.1. The summed E-state index contributed by atoms with van der Waals surface area (Å²) < 4.78 is 28.8. The molecule has 0 radical (unpaired) electrons. The average molecular weight is 455 g/mol. The van der Waals surface area contributed by atoms with Crippen molar-refractivity contribution >= 4 is 49.5 Å². The van der Waals surface area contributed by atoms with Crippen LogP contribution in [0.2, 0.25) is 0 Å². The van der Waals surface area contributed by atoms with E-state index in [1.54, 1.807) is 11.3 Å². The molecule has 0 aliphatic heterocycles. The highest BCUT2D eigenvalue weighted by Crippen LogP contribution is 2.36. The quantitative estimate of drug-likeness (QED) is 0.380. The van der Waals surface area contributed by atoms with Gasteiger partial charge < -0.3 is 4.57 Å². The molecule has 4 rings (SSSR count). The number of alkyl halides is 2. The predicted octanol–water partition coefficient (Wildman–Crippen LogP) is 5.98. The summed E-state index contributed by atoms with van der Waals surface area (Å²) >= 11 is 6.09. The smallest absolute Gasteiger partial charge is 0.291 e. The average Bonchev–Trinajstić information content (AvgIpc) is 3.26. The number of rotatable bonds is 4. The van der Waals surface area contributed by atoms with Crippen molar-refractivity contribution in [2.24, 2.45) is 0 Å². The molecule has 0 aliphatic rings. The van der Waals surface area contributed by atoms with Gasteiger partial charge in [-0.15, -0.1) is 21.5 Å². The molecule has 4 nitrogen and oxygen atoms in total. The second-order valence-corrected chi connectivity index (χ2v) is 9.03. The van der Waals surface area contributed by atoms with Crippen molar-refractivity contribution in [2.75, 3.05) is 0 Å². The van der Waals surface area contributed by atoms with E-state index in [0.29, 0.717) is 11.6 Å². The van der Waals surface area contributed by atoms with Gasteiger partial charge in [-0.3, -0.25) is 0 Å². The highest BCUT2D eigenvalue weighted by molar-refractivity contribution is 9.10. The van der Waals surface area contributed by atoms with Gasteiger partial charge in [-0.1, -0.05) is 27.3 Å². The molecule has 1 aromatic carbocycles. The SMILES string of the molecule is Cc1nc(C)c(Cn2cc(-c3nnc(C(F)F)s3)c3cc(Br)ccc32)s1. The van der Waals surface area contributed by atoms with Crippen LogP contribution in [0.5, 0.6) is 0 Å². The third-order valence-corrected chi connectivity index (χ3v) is 6.53. The van der Waals surface area contributed by atoms with Crippen molar-refractivity contribution in [3.63, 3.8) is 0 Å². The second kappa shape index (κ2) is 6.79. The van der Waals surface area contributed by atoms with Gasteiger partial charge in [0.05, 0.1) is 17.2 Å². The summed E-state index contributed by atoms with van der Waals surface area (Å²) in [6.07, 6.45) is -0.648. The number of nitrogens with zero attached hydrogens (tertiary/aromatic N) is 4. The number of hydrogen-bond donors (Lipinski definition) is 0. The minimum atomic E-state index is -2.61. The number of aryl methyl sites for hydroxylation is 2. The van der Waals surface area contributed by atoms with E-state index < -0.39 is 6.43 Å². The van der Waals surface area contributed by atoms with Crippen LogP contribution in [0.15, 0.2) is 28.9 Å². The van der Waals surface area contributed by atoms with Gasteiger partial charge in [0.15, 0.2) is 5.01 Å². The fourth-order valence-corrected chi connectivity index (χ4v) is 4.90. The van der Waals surface area contributed by atoms with E-state index in [0.717, 1.165) is 43.0 Å². The van der Waals surface area contributed by atoms with Gasteiger partial charge in [-0.2, -0.15) is 0 Å². The number of fused-ring (bicyclic) bond motifs is 1. The number of thiazole rings is 1. The van der Waals surface area contributed by atoms with Crippen LogP contribution in [-0.2, 0) is 6.54 Å². The molecule has 9 heteroatoms. The lowest BCUT2D eigenvalue weighted by Crippen LogP contribution is -1.97. The third-order valence-electron chi connectivity index (χ3n) is 4.01. The normalized spacial score (nSPS) is 11.8. The Morgan fingerprint density at radius 3 is 2.65 bits per heavy atom. The summed E-state index contributed by atoms with van der Waals surface area (Å²) in [4.78, 5) is 5.66. The van der Waals surface area contributed by atoms with Crippen molar-refractivity contribution in [1.29, 1.82) is 0 Å². The third kappa shape index (κ3) is 3.19. The summed E-state index contributed by atoms with van der Waals surface area (Å²) in [5.41, 5.74) is 2.84. The molecule has 0 spiro atoms. The Balaban J connectivity index is 1.85. The van der Waals surface area contributed by atoms with Gasteiger partial charge >= 0.3 is 0 Å². The first-order valence-corrected chi connectivity index (χ1v) is 10.2. The van der Waals surface area contributed by atoms with E-state index in [4.69, 9.17) is 0 Å². The van der Waals surface area contributed by atoms with E-state index in [1.165, 1.54) is 4.88 Å². The molecule has 4 aromatic rings. The zero-order valence-electron chi connectivity index (χ0n) is 13.8. The van der Waals surface area contributed by atoms with Gasteiger partial charge in [0.1, 0.15) is 5.01 Å². The monoisotopic (exact) mass is 454 g/mol. The number of hydrogen-bond acceptors (Lipinski definition) is 5.